The van der Waals surface area contributed by atoms with E-state index in [0.717, 1.165) is 0 Å². The van der Waals surface area contributed by atoms with Gasteiger partial charge in [-0.1, -0.05) is 24.3 Å². The zero-order valence-corrected chi connectivity index (χ0v) is 16.7. The van der Waals surface area contributed by atoms with Crippen LogP contribution in [-0.4, -0.2) is 42.9 Å². The number of benzene rings is 2. The van der Waals surface area contributed by atoms with Crippen LogP contribution in [0.1, 0.15) is 13.3 Å². The summed E-state index contributed by atoms with van der Waals surface area (Å²) in [5, 5.41) is 2.68. The van der Waals surface area contributed by atoms with Crippen molar-refractivity contribution in [3.8, 4) is 0 Å². The van der Waals surface area contributed by atoms with Crippen molar-refractivity contribution in [2.75, 3.05) is 28.2 Å². The van der Waals surface area contributed by atoms with Crippen LogP contribution in [0.3, 0.4) is 0 Å². The van der Waals surface area contributed by atoms with Crippen LogP contribution < -0.4 is 15.1 Å². The van der Waals surface area contributed by atoms with Gasteiger partial charge in [0.15, 0.2) is 6.10 Å². The molecule has 0 saturated carbocycles. The van der Waals surface area contributed by atoms with Crippen molar-refractivity contribution in [2.24, 2.45) is 5.92 Å². The predicted octanol–water partition coefficient (Wildman–Crippen LogP) is 2.10. The first kappa shape index (κ1) is 20.5. The molecule has 3 amide bonds. The molecule has 0 unspecified atom stereocenters. The van der Waals surface area contributed by atoms with Gasteiger partial charge in [-0.3, -0.25) is 24.1 Å². The topological polar surface area (TPSA) is 96.0 Å². The Hall–Kier alpha value is -3.75. The molecular weight excluding hydrogens is 405 g/mol. The summed E-state index contributed by atoms with van der Waals surface area (Å²) in [6.07, 6.45) is -1.30. The molecule has 0 spiro atoms. The molecule has 0 radical (unpaired) electrons. The van der Waals surface area contributed by atoms with E-state index in [0.29, 0.717) is 11.4 Å². The van der Waals surface area contributed by atoms with Gasteiger partial charge in [0.1, 0.15) is 12.4 Å². The fourth-order valence-electron chi connectivity index (χ4n) is 3.74. The lowest BCUT2D eigenvalue weighted by Gasteiger charge is -2.31. The van der Waals surface area contributed by atoms with E-state index in [9.17, 15) is 23.6 Å². The number of carbonyl (C=O) groups is 4. The van der Waals surface area contributed by atoms with E-state index >= 15 is 0 Å². The summed E-state index contributed by atoms with van der Waals surface area (Å²) in [5.74, 6) is -3.40. The first-order chi connectivity index (χ1) is 14.8. The van der Waals surface area contributed by atoms with Crippen LogP contribution in [0.15, 0.2) is 48.5 Å². The third-order valence-corrected chi connectivity index (χ3v) is 5.28. The average molecular weight is 425 g/mol. The average Bonchev–Trinajstić information content (AvgIpc) is 3.14. The largest absolute Gasteiger partial charge is 0.452 e. The minimum absolute atomic E-state index is 0.0333. The highest BCUT2D eigenvalue weighted by atomic mass is 19.1. The van der Waals surface area contributed by atoms with E-state index in [1.165, 1.54) is 34.9 Å². The minimum Gasteiger partial charge on any atom is -0.452 e. The summed E-state index contributed by atoms with van der Waals surface area (Å²) in [5.41, 5.74) is 1.10. The van der Waals surface area contributed by atoms with Gasteiger partial charge in [-0.25, -0.2) is 4.39 Å². The molecule has 0 aromatic heterocycles. The number of carbonyl (C=O) groups excluding carboxylic acids is 4. The fraction of sp³-hybridized carbons (Fsp3) is 0.273. The van der Waals surface area contributed by atoms with Crippen LogP contribution in [-0.2, 0) is 23.9 Å². The van der Waals surface area contributed by atoms with Crippen molar-refractivity contribution in [2.45, 2.75) is 19.4 Å². The summed E-state index contributed by atoms with van der Waals surface area (Å²) >= 11 is 0. The molecule has 2 atom stereocenters. The third kappa shape index (κ3) is 3.98. The molecule has 8 nitrogen and oxygen atoms in total. The number of anilines is 3. The lowest BCUT2D eigenvalue weighted by molar-refractivity contribution is -0.157. The highest BCUT2D eigenvalue weighted by molar-refractivity contribution is 6.11. The predicted molar refractivity (Wildman–Crippen MR) is 110 cm³/mol. The first-order valence-corrected chi connectivity index (χ1v) is 9.81. The zero-order chi connectivity index (χ0) is 22.1. The Balaban J connectivity index is 1.43. The standard InChI is InChI=1S/C22H20FN3O5/c1-13(21(29)26-12-19(27)24-16-7-3-5-9-18(16)26)31-22(30)14-10-20(28)25(11-14)17-8-4-2-6-15(17)23/h2-9,13-14H,10-12H2,1H3,(H,24,27)/t13-,14-/m0/s1. The van der Waals surface area contributed by atoms with Crippen molar-refractivity contribution in [1.82, 2.24) is 0 Å². The SMILES string of the molecule is C[C@H](OC(=O)[C@H]1CC(=O)N(c2ccccc2F)C1)C(=O)N1CC(=O)Nc2ccccc21. The number of hydrogen-bond donors (Lipinski definition) is 1. The Morgan fingerprint density at radius 1 is 1.10 bits per heavy atom. The Bertz CT molecular complexity index is 1070. The normalized spacial score (nSPS) is 19.0. The molecule has 160 valence electrons. The molecule has 2 heterocycles. The van der Waals surface area contributed by atoms with Crippen LogP contribution in [0, 0.1) is 11.7 Å². The highest BCUT2D eigenvalue weighted by Crippen LogP contribution is 2.31. The van der Waals surface area contributed by atoms with Crippen molar-refractivity contribution in [3.63, 3.8) is 0 Å². The number of ether oxygens (including phenoxy) is 1. The number of fused-ring (bicyclic) bond motifs is 1. The van der Waals surface area contributed by atoms with Gasteiger partial charge in [0, 0.05) is 13.0 Å². The summed E-state index contributed by atoms with van der Waals surface area (Å²) in [6.45, 7) is 1.19. The van der Waals surface area contributed by atoms with E-state index in [4.69, 9.17) is 4.74 Å². The van der Waals surface area contributed by atoms with Gasteiger partial charge in [-0.2, -0.15) is 0 Å². The molecule has 31 heavy (non-hydrogen) atoms. The Kier molecular flexibility index (Phi) is 5.41. The molecule has 2 aliphatic heterocycles. The molecule has 1 saturated heterocycles. The van der Waals surface area contributed by atoms with Crippen molar-refractivity contribution in [3.05, 3.63) is 54.3 Å². The summed E-state index contributed by atoms with van der Waals surface area (Å²) in [6, 6.07) is 12.6. The maximum Gasteiger partial charge on any atom is 0.312 e. The lowest BCUT2D eigenvalue weighted by atomic mass is 10.1. The Labute approximate surface area is 177 Å². The molecule has 9 heteroatoms. The maximum atomic E-state index is 14.0. The summed E-state index contributed by atoms with van der Waals surface area (Å²) in [7, 11) is 0. The molecule has 1 fully saturated rings. The van der Waals surface area contributed by atoms with Crippen LogP contribution in [0.2, 0.25) is 0 Å². The first-order valence-electron chi connectivity index (χ1n) is 9.81. The number of para-hydroxylation sites is 3. The number of hydrogen-bond acceptors (Lipinski definition) is 5. The summed E-state index contributed by atoms with van der Waals surface area (Å²) in [4.78, 5) is 52.2. The molecule has 2 aromatic carbocycles. The molecule has 2 aliphatic rings. The molecule has 2 aromatic rings. The van der Waals surface area contributed by atoms with Crippen LogP contribution in [0.25, 0.3) is 0 Å². The van der Waals surface area contributed by atoms with Crippen LogP contribution in [0.5, 0.6) is 0 Å². The zero-order valence-electron chi connectivity index (χ0n) is 16.7. The number of rotatable bonds is 4. The number of halogens is 1. The second-order valence-corrected chi connectivity index (χ2v) is 7.43. The van der Waals surface area contributed by atoms with Crippen LogP contribution >= 0.6 is 0 Å². The van der Waals surface area contributed by atoms with Crippen molar-refractivity contribution in [1.29, 1.82) is 0 Å². The van der Waals surface area contributed by atoms with E-state index in [2.05, 4.69) is 5.32 Å². The lowest BCUT2D eigenvalue weighted by Crippen LogP contribution is -2.47. The number of nitrogens with zero attached hydrogens (tertiary/aromatic N) is 2. The molecule has 4 rings (SSSR count). The monoisotopic (exact) mass is 425 g/mol. The van der Waals surface area contributed by atoms with Gasteiger partial charge in [0.25, 0.3) is 5.91 Å². The van der Waals surface area contributed by atoms with Gasteiger partial charge < -0.3 is 15.0 Å². The highest BCUT2D eigenvalue weighted by Gasteiger charge is 2.39. The maximum absolute atomic E-state index is 14.0. The number of esters is 1. The van der Waals surface area contributed by atoms with E-state index in [1.54, 1.807) is 30.3 Å². The van der Waals surface area contributed by atoms with E-state index < -0.39 is 35.6 Å². The van der Waals surface area contributed by atoms with Crippen molar-refractivity contribution < 1.29 is 28.3 Å². The Morgan fingerprint density at radius 3 is 2.52 bits per heavy atom. The molecule has 0 aliphatic carbocycles. The van der Waals surface area contributed by atoms with E-state index in [-0.39, 0.29) is 31.1 Å². The summed E-state index contributed by atoms with van der Waals surface area (Å²) < 4.78 is 19.4. The van der Waals surface area contributed by atoms with Gasteiger partial charge in [-0.05, 0) is 31.2 Å². The fourth-order valence-corrected chi connectivity index (χ4v) is 3.74. The molecular formula is C22H20FN3O5. The van der Waals surface area contributed by atoms with Gasteiger partial charge in [-0.15, -0.1) is 0 Å². The number of nitrogens with one attached hydrogen (secondary N) is 1. The van der Waals surface area contributed by atoms with Gasteiger partial charge >= 0.3 is 5.97 Å². The Morgan fingerprint density at radius 2 is 1.77 bits per heavy atom. The van der Waals surface area contributed by atoms with Crippen LogP contribution in [0.4, 0.5) is 21.5 Å². The quantitative estimate of drug-likeness (QED) is 0.757. The third-order valence-electron chi connectivity index (χ3n) is 5.28. The molecule has 0 bridgehead atoms. The van der Waals surface area contributed by atoms with Gasteiger partial charge in [0.2, 0.25) is 11.8 Å². The second-order valence-electron chi connectivity index (χ2n) is 7.43. The minimum atomic E-state index is -1.16. The van der Waals surface area contributed by atoms with E-state index in [1.807, 2.05) is 0 Å². The number of amides is 3. The van der Waals surface area contributed by atoms with Crippen molar-refractivity contribution >= 4 is 40.8 Å². The van der Waals surface area contributed by atoms with Gasteiger partial charge in [0.05, 0.1) is 23.0 Å². The second kappa shape index (κ2) is 8.17. The molecule has 1 N–H and O–H groups in total. The smallest absolute Gasteiger partial charge is 0.312 e.